The van der Waals surface area contributed by atoms with Crippen LogP contribution < -0.4 is 5.14 Å². The molecule has 0 aliphatic carbocycles. The normalized spacial score (nSPS) is 9.65. The Morgan fingerprint density at radius 2 is 1.12 bits per heavy atom. The van der Waals surface area contributed by atoms with Gasteiger partial charge in [-0.1, -0.05) is 13.8 Å². The first kappa shape index (κ1) is 25.9. The van der Waals surface area contributed by atoms with E-state index >= 15 is 0 Å². The molecule has 0 spiro atoms. The molecule has 17 heavy (non-hydrogen) atoms. The zero-order valence-corrected chi connectivity index (χ0v) is 13.7. The Balaban J connectivity index is -0.0000000705. The molecule has 0 saturated heterocycles. The third kappa shape index (κ3) is 189. The highest BCUT2D eigenvalue weighted by Crippen LogP contribution is 1.84. The largest absolute Gasteiger partial charge is 0.319 e. The van der Waals surface area contributed by atoms with Gasteiger partial charge in [0.1, 0.15) is 0 Å². The van der Waals surface area contributed by atoms with Gasteiger partial charge in [-0.15, -0.1) is 0 Å². The third-order valence-electron chi connectivity index (χ3n) is 0.469. The summed E-state index contributed by atoms with van der Waals surface area (Å²) in [4.78, 5) is 0. The lowest BCUT2D eigenvalue weighted by Gasteiger charge is -1.84. The van der Waals surface area contributed by atoms with E-state index in [0.29, 0.717) is 0 Å². The molecule has 0 heterocycles. The van der Waals surface area contributed by atoms with Crippen molar-refractivity contribution >= 4 is 32.2 Å². The number of sulfonamides is 1. The van der Waals surface area contributed by atoms with Crippen LogP contribution in [0, 0.1) is 0 Å². The smallest absolute Gasteiger partial charge is 0.264 e. The lowest BCUT2D eigenvalue weighted by Crippen LogP contribution is -2.07. The summed E-state index contributed by atoms with van der Waals surface area (Å²) >= 11 is 1.36. The molecule has 0 atom stereocenters. The molecule has 0 fully saturated rings. The highest BCUT2D eigenvalue weighted by molar-refractivity contribution is 7.93. The fourth-order valence-corrected chi connectivity index (χ4v) is 0. The topological polar surface area (TPSA) is 113 Å². The van der Waals surface area contributed by atoms with E-state index < -0.39 is 20.1 Å². The molecule has 0 bridgehead atoms. The van der Waals surface area contributed by atoms with Gasteiger partial charge < -0.3 is 4.18 Å². The summed E-state index contributed by atoms with van der Waals surface area (Å²) in [5, 5.41) is 4.33. The number of rotatable bonds is 2. The fraction of sp³-hybridized carbons (Fsp3) is 1.00. The van der Waals surface area contributed by atoms with E-state index in [-0.39, 0.29) is 0 Å². The van der Waals surface area contributed by atoms with Crippen molar-refractivity contribution in [3.8, 4) is 0 Å². The summed E-state index contributed by atoms with van der Waals surface area (Å²) < 4.78 is 46.7. The van der Waals surface area contributed by atoms with Crippen LogP contribution in [-0.4, -0.2) is 49.8 Å². The predicted molar refractivity (Wildman–Crippen MR) is 72.8 cm³/mol. The second-order valence-electron chi connectivity index (χ2n) is 2.03. The van der Waals surface area contributed by atoms with Gasteiger partial charge in [-0.3, -0.25) is 4.18 Å². The van der Waals surface area contributed by atoms with Gasteiger partial charge in [0.15, 0.2) is 0 Å². The Labute approximate surface area is 109 Å². The molecule has 0 unspecified atom stereocenters. The molecule has 0 aliphatic heterocycles. The van der Waals surface area contributed by atoms with E-state index in [2.05, 4.69) is 13.5 Å². The minimum Gasteiger partial charge on any atom is -0.319 e. The molecular formula is C7H23NO6S3. The molecule has 0 aromatic heterocycles. The van der Waals surface area contributed by atoms with Crippen LogP contribution >= 0.6 is 12.0 Å². The monoisotopic (exact) mass is 313 g/mol. The van der Waals surface area contributed by atoms with Crippen molar-refractivity contribution in [3.63, 3.8) is 0 Å². The van der Waals surface area contributed by atoms with Gasteiger partial charge in [-0.05, 0) is 12.0 Å². The van der Waals surface area contributed by atoms with Crippen LogP contribution in [0.4, 0.5) is 0 Å². The lowest BCUT2D eigenvalue weighted by atomic mass is 11.0. The zero-order valence-electron chi connectivity index (χ0n) is 11.3. The quantitative estimate of drug-likeness (QED) is 0.581. The summed E-state index contributed by atoms with van der Waals surface area (Å²) in [7, 11) is -3.56. The summed E-state index contributed by atoms with van der Waals surface area (Å²) in [5.41, 5.74) is 0. The number of hydrogen-bond acceptors (Lipinski definition) is 7. The zero-order chi connectivity index (χ0) is 15.1. The summed E-state index contributed by atoms with van der Waals surface area (Å²) in [6.45, 7) is 4.00. The second kappa shape index (κ2) is 16.1. The van der Waals surface area contributed by atoms with Gasteiger partial charge in [0.05, 0.1) is 26.7 Å². The highest BCUT2D eigenvalue weighted by Gasteiger charge is 1.90. The van der Waals surface area contributed by atoms with Crippen molar-refractivity contribution in [2.24, 2.45) is 5.14 Å². The van der Waals surface area contributed by atoms with Crippen LogP contribution in [-0.2, 0) is 28.5 Å². The van der Waals surface area contributed by atoms with E-state index in [4.69, 9.17) is 0 Å². The van der Waals surface area contributed by atoms with Crippen LogP contribution in [0.3, 0.4) is 0 Å². The van der Waals surface area contributed by atoms with E-state index in [1.54, 1.807) is 7.11 Å². The standard InChI is InChI=1S/C2H6O3S.C2H6OS.C2H6.CH5NO2S/c1-5-6(2,3)4;1-3-4-2;1-2;1-5(2,3)4/h1-2H3;1-2H3;1-2H3;1H3,(H2,2,3,4). The first-order valence-electron chi connectivity index (χ1n) is 4.28. The van der Waals surface area contributed by atoms with E-state index in [1.165, 1.54) is 12.0 Å². The van der Waals surface area contributed by atoms with E-state index in [9.17, 15) is 16.8 Å². The van der Waals surface area contributed by atoms with Crippen molar-refractivity contribution in [2.75, 3.05) is 33.0 Å². The van der Waals surface area contributed by atoms with Crippen molar-refractivity contribution in [3.05, 3.63) is 0 Å². The molecule has 10 heteroatoms. The molecule has 0 aromatic carbocycles. The van der Waals surface area contributed by atoms with Crippen LogP contribution in [0.25, 0.3) is 0 Å². The maximum absolute atomic E-state index is 9.78. The molecule has 7 nitrogen and oxygen atoms in total. The maximum Gasteiger partial charge on any atom is 0.264 e. The minimum atomic E-state index is -3.17. The van der Waals surface area contributed by atoms with Crippen molar-refractivity contribution in [1.82, 2.24) is 0 Å². The van der Waals surface area contributed by atoms with Gasteiger partial charge in [0.2, 0.25) is 10.0 Å². The Bertz CT molecular complexity index is 301. The van der Waals surface area contributed by atoms with Crippen molar-refractivity contribution in [2.45, 2.75) is 13.8 Å². The third-order valence-corrected chi connectivity index (χ3v) is 1.41. The molecule has 0 rings (SSSR count). The van der Waals surface area contributed by atoms with Gasteiger partial charge in [0.25, 0.3) is 10.1 Å². The Morgan fingerprint density at radius 1 is 1.00 bits per heavy atom. The summed E-state index contributed by atoms with van der Waals surface area (Å²) in [6.07, 6.45) is 3.81. The van der Waals surface area contributed by atoms with E-state index in [1.807, 2.05) is 20.1 Å². The SMILES string of the molecule is CC.COS(C)(=O)=O.COSC.CS(N)(=O)=O. The first-order chi connectivity index (χ1) is 7.47. The average Bonchev–Trinajstić information content (AvgIpc) is 2.18. The van der Waals surface area contributed by atoms with Crippen molar-refractivity contribution in [1.29, 1.82) is 0 Å². The molecule has 2 N–H and O–H groups in total. The molecule has 0 aromatic rings. The first-order valence-corrected chi connectivity index (χ1v) is 9.20. The van der Waals surface area contributed by atoms with Gasteiger partial charge >= 0.3 is 0 Å². The highest BCUT2D eigenvalue weighted by atomic mass is 32.2. The lowest BCUT2D eigenvalue weighted by molar-refractivity contribution is 0.403. The van der Waals surface area contributed by atoms with Gasteiger partial charge in [-0.25, -0.2) is 13.6 Å². The molecule has 0 radical (unpaired) electrons. The maximum atomic E-state index is 9.78. The molecule has 110 valence electrons. The molecular weight excluding hydrogens is 290 g/mol. The Hall–Kier alpha value is 0.130. The predicted octanol–water partition coefficient (Wildman–Crippen LogP) is 0.434. The second-order valence-corrected chi connectivity index (χ2v) is 6.10. The number of hydrogen-bond donors (Lipinski definition) is 1. The van der Waals surface area contributed by atoms with Gasteiger partial charge in [0, 0.05) is 6.26 Å². The van der Waals surface area contributed by atoms with Crippen LogP contribution in [0.1, 0.15) is 13.8 Å². The Morgan fingerprint density at radius 3 is 1.12 bits per heavy atom. The fourth-order valence-electron chi connectivity index (χ4n) is 0. The Kier molecular flexibility index (Phi) is 24.5. The molecule has 0 aliphatic rings. The van der Waals surface area contributed by atoms with Gasteiger partial charge in [-0.2, -0.15) is 8.42 Å². The van der Waals surface area contributed by atoms with Crippen molar-refractivity contribution < 1.29 is 25.2 Å². The number of nitrogens with two attached hydrogens (primary N) is 1. The summed E-state index contributed by atoms with van der Waals surface area (Å²) in [6, 6.07) is 0. The number of primary sulfonamides is 1. The van der Waals surface area contributed by atoms with Crippen LogP contribution in [0.5, 0.6) is 0 Å². The summed E-state index contributed by atoms with van der Waals surface area (Å²) in [5.74, 6) is 0. The molecule has 0 amide bonds. The minimum absolute atomic E-state index is 0.938. The molecule has 0 saturated carbocycles. The van der Waals surface area contributed by atoms with Crippen LogP contribution in [0.2, 0.25) is 0 Å². The van der Waals surface area contributed by atoms with E-state index in [0.717, 1.165) is 19.6 Å². The van der Waals surface area contributed by atoms with Crippen LogP contribution in [0.15, 0.2) is 0 Å². The average molecular weight is 313 g/mol.